The summed E-state index contributed by atoms with van der Waals surface area (Å²) >= 11 is 0.969. The maximum absolute atomic E-state index is 12.2. The van der Waals surface area contributed by atoms with Gasteiger partial charge >= 0.3 is 0 Å². The van der Waals surface area contributed by atoms with Crippen molar-refractivity contribution < 1.29 is 24.0 Å². The first-order valence-electron chi connectivity index (χ1n) is 7.58. The maximum Gasteiger partial charge on any atom is 0.283 e. The quantitative estimate of drug-likeness (QED) is 0.401. The number of anilines is 1. The second-order valence-corrected chi connectivity index (χ2v) is 6.22. The molecule has 2 aromatic carbocycles. The van der Waals surface area contributed by atoms with Gasteiger partial charge in [-0.15, -0.1) is 11.8 Å². The van der Waals surface area contributed by atoms with E-state index in [1.807, 2.05) is 0 Å². The van der Waals surface area contributed by atoms with Crippen molar-refractivity contribution >= 4 is 35.0 Å². The summed E-state index contributed by atoms with van der Waals surface area (Å²) in [5.74, 6) is -0.253. The summed E-state index contributed by atoms with van der Waals surface area (Å²) in [6.07, 6.45) is 0. The van der Waals surface area contributed by atoms with Crippen molar-refractivity contribution in [2.24, 2.45) is 5.73 Å². The highest BCUT2D eigenvalue weighted by atomic mass is 32.2. The summed E-state index contributed by atoms with van der Waals surface area (Å²) in [4.78, 5) is 34.2. The lowest BCUT2D eigenvalue weighted by molar-refractivity contribution is -0.387. The highest BCUT2D eigenvalue weighted by molar-refractivity contribution is 8.00. The molecule has 0 aliphatic heterocycles. The van der Waals surface area contributed by atoms with Crippen molar-refractivity contribution in [2.75, 3.05) is 25.3 Å². The van der Waals surface area contributed by atoms with E-state index in [9.17, 15) is 19.7 Å². The molecule has 0 fully saturated rings. The van der Waals surface area contributed by atoms with Gasteiger partial charge in [0.15, 0.2) is 0 Å². The van der Waals surface area contributed by atoms with Gasteiger partial charge in [0.05, 0.1) is 35.5 Å². The van der Waals surface area contributed by atoms with Gasteiger partial charge in [-0.3, -0.25) is 19.7 Å². The number of nitrogens with zero attached hydrogens (tertiary/aromatic N) is 1. The van der Waals surface area contributed by atoms with Crippen LogP contribution < -0.4 is 20.5 Å². The van der Waals surface area contributed by atoms with E-state index in [4.69, 9.17) is 15.2 Å². The Kier molecular flexibility index (Phi) is 6.61. The number of hydrogen-bond donors (Lipinski definition) is 2. The van der Waals surface area contributed by atoms with Crippen LogP contribution in [0.2, 0.25) is 0 Å². The summed E-state index contributed by atoms with van der Waals surface area (Å²) in [5, 5.41) is 13.9. The number of methoxy groups -OCH3 is 2. The normalized spacial score (nSPS) is 10.1. The molecular formula is C17H17N3O6S. The van der Waals surface area contributed by atoms with Crippen LogP contribution in [0.4, 0.5) is 11.4 Å². The molecule has 2 rings (SSSR count). The van der Waals surface area contributed by atoms with Gasteiger partial charge in [-0.1, -0.05) is 0 Å². The largest absolute Gasteiger partial charge is 0.497 e. The zero-order valence-corrected chi connectivity index (χ0v) is 15.4. The number of nitrogens with two attached hydrogens (primary N) is 1. The number of thioether (sulfide) groups is 1. The number of nitro groups is 1. The minimum atomic E-state index is -0.766. The lowest BCUT2D eigenvalue weighted by atomic mass is 10.2. The summed E-state index contributed by atoms with van der Waals surface area (Å²) < 4.78 is 10.3. The topological polar surface area (TPSA) is 134 Å². The first-order chi connectivity index (χ1) is 12.8. The molecule has 9 nitrogen and oxygen atoms in total. The van der Waals surface area contributed by atoms with Gasteiger partial charge < -0.3 is 20.5 Å². The van der Waals surface area contributed by atoms with Gasteiger partial charge in [-0.05, 0) is 24.3 Å². The second-order valence-electron chi connectivity index (χ2n) is 5.21. The van der Waals surface area contributed by atoms with E-state index in [2.05, 4.69) is 5.32 Å². The molecule has 0 atom stereocenters. The first kappa shape index (κ1) is 20.0. The number of hydrogen-bond acceptors (Lipinski definition) is 7. The molecule has 0 aliphatic rings. The molecular weight excluding hydrogens is 374 g/mol. The number of primary amides is 1. The number of ether oxygens (including phenoxy) is 2. The van der Waals surface area contributed by atoms with E-state index < -0.39 is 10.8 Å². The van der Waals surface area contributed by atoms with Gasteiger partial charge in [0, 0.05) is 17.7 Å². The molecule has 10 heteroatoms. The van der Waals surface area contributed by atoms with Crippen molar-refractivity contribution in [3.63, 3.8) is 0 Å². The number of benzene rings is 2. The monoisotopic (exact) mass is 391 g/mol. The average molecular weight is 391 g/mol. The Labute approximate surface area is 159 Å². The van der Waals surface area contributed by atoms with Crippen molar-refractivity contribution in [1.82, 2.24) is 0 Å². The van der Waals surface area contributed by atoms with E-state index in [-0.39, 0.29) is 27.8 Å². The average Bonchev–Trinajstić information content (AvgIpc) is 2.65. The van der Waals surface area contributed by atoms with Crippen LogP contribution in [0, 0.1) is 10.1 Å². The Hall–Kier alpha value is -3.27. The molecule has 0 radical (unpaired) electrons. The number of rotatable bonds is 8. The highest BCUT2D eigenvalue weighted by Crippen LogP contribution is 2.32. The number of carbonyl (C=O) groups excluding carboxylic acids is 2. The Morgan fingerprint density at radius 1 is 1.19 bits per heavy atom. The van der Waals surface area contributed by atoms with E-state index >= 15 is 0 Å². The second kappa shape index (κ2) is 8.90. The zero-order chi connectivity index (χ0) is 20.0. The standard InChI is InChI=1S/C17H17N3O6S/c1-25-11-4-5-14(26-2)12(8-11)19-16(21)9-27-15-6-3-10(17(18)22)7-13(15)20(23)24/h3-8H,9H2,1-2H3,(H2,18,22)(H,19,21). The lowest BCUT2D eigenvalue weighted by Crippen LogP contribution is -2.15. The van der Waals surface area contributed by atoms with E-state index in [0.29, 0.717) is 17.2 Å². The first-order valence-corrected chi connectivity index (χ1v) is 8.57. The van der Waals surface area contributed by atoms with Crippen LogP contribution in [-0.4, -0.2) is 36.7 Å². The molecule has 3 N–H and O–H groups in total. The SMILES string of the molecule is COc1ccc(OC)c(NC(=O)CSc2ccc(C(N)=O)cc2[N+](=O)[O-])c1. The molecule has 142 valence electrons. The molecule has 0 aliphatic carbocycles. The Bertz CT molecular complexity index is 887. The molecule has 0 saturated heterocycles. The Morgan fingerprint density at radius 3 is 2.52 bits per heavy atom. The fourth-order valence-electron chi connectivity index (χ4n) is 2.18. The molecule has 0 bridgehead atoms. The van der Waals surface area contributed by atoms with Crippen LogP contribution in [0.15, 0.2) is 41.3 Å². The van der Waals surface area contributed by atoms with Gasteiger partial charge in [0.1, 0.15) is 11.5 Å². The molecule has 0 unspecified atom stereocenters. The zero-order valence-electron chi connectivity index (χ0n) is 14.6. The summed E-state index contributed by atoms with van der Waals surface area (Å²) in [6, 6.07) is 8.80. The van der Waals surface area contributed by atoms with Crippen LogP contribution >= 0.6 is 11.8 Å². The third-order valence-electron chi connectivity index (χ3n) is 3.48. The molecule has 0 heterocycles. The van der Waals surface area contributed by atoms with Crippen LogP contribution in [0.25, 0.3) is 0 Å². The van der Waals surface area contributed by atoms with Crippen LogP contribution in [0.5, 0.6) is 11.5 Å². The van der Waals surface area contributed by atoms with Crippen LogP contribution in [0.1, 0.15) is 10.4 Å². The molecule has 2 aromatic rings. The van der Waals surface area contributed by atoms with E-state index in [1.165, 1.54) is 26.4 Å². The van der Waals surface area contributed by atoms with Crippen molar-refractivity contribution in [3.05, 3.63) is 52.1 Å². The van der Waals surface area contributed by atoms with Gasteiger partial charge in [0.25, 0.3) is 5.69 Å². The third kappa shape index (κ3) is 5.11. The third-order valence-corrected chi connectivity index (χ3v) is 4.54. The van der Waals surface area contributed by atoms with Crippen LogP contribution in [0.3, 0.4) is 0 Å². The summed E-state index contributed by atoms with van der Waals surface area (Å²) in [5.41, 5.74) is 5.29. The predicted octanol–water partition coefficient (Wildman–Crippen LogP) is 2.44. The Balaban J connectivity index is 2.12. The lowest BCUT2D eigenvalue weighted by Gasteiger charge is -2.11. The maximum atomic E-state index is 12.2. The van der Waals surface area contributed by atoms with Gasteiger partial charge in [-0.25, -0.2) is 0 Å². The fraction of sp³-hybridized carbons (Fsp3) is 0.176. The molecule has 0 aromatic heterocycles. The Morgan fingerprint density at radius 2 is 1.93 bits per heavy atom. The summed E-state index contributed by atoms with van der Waals surface area (Å²) in [6.45, 7) is 0. The molecule has 0 saturated carbocycles. The van der Waals surface area contributed by atoms with Crippen molar-refractivity contribution in [3.8, 4) is 11.5 Å². The van der Waals surface area contributed by atoms with Crippen LogP contribution in [-0.2, 0) is 4.79 Å². The minimum absolute atomic E-state index is 0.0246. The van der Waals surface area contributed by atoms with Gasteiger partial charge in [0.2, 0.25) is 11.8 Å². The minimum Gasteiger partial charge on any atom is -0.497 e. The van der Waals surface area contributed by atoms with Gasteiger partial charge in [-0.2, -0.15) is 0 Å². The smallest absolute Gasteiger partial charge is 0.283 e. The molecule has 2 amide bonds. The van der Waals surface area contributed by atoms with E-state index in [0.717, 1.165) is 17.8 Å². The highest BCUT2D eigenvalue weighted by Gasteiger charge is 2.18. The van der Waals surface area contributed by atoms with E-state index in [1.54, 1.807) is 18.2 Å². The van der Waals surface area contributed by atoms with Crippen molar-refractivity contribution in [2.45, 2.75) is 4.90 Å². The molecule has 27 heavy (non-hydrogen) atoms. The fourth-order valence-corrected chi connectivity index (χ4v) is 2.98. The number of amides is 2. The number of nitro benzene ring substituents is 1. The number of carbonyl (C=O) groups is 2. The number of nitrogens with one attached hydrogen (secondary N) is 1. The molecule has 0 spiro atoms. The predicted molar refractivity (Wildman–Crippen MR) is 101 cm³/mol. The van der Waals surface area contributed by atoms with Crippen molar-refractivity contribution in [1.29, 1.82) is 0 Å². The summed E-state index contributed by atoms with van der Waals surface area (Å²) in [7, 11) is 2.97.